The summed E-state index contributed by atoms with van der Waals surface area (Å²) in [5, 5.41) is 2.27. The maximum atomic E-state index is 11.5. The maximum absolute atomic E-state index is 11.5. The van der Waals surface area contributed by atoms with E-state index in [1.807, 2.05) is 0 Å². The maximum Gasteiger partial charge on any atom is 0.408 e. The Morgan fingerprint density at radius 2 is 1.78 bits per heavy atom. The Kier molecular flexibility index (Phi) is 6.15. The summed E-state index contributed by atoms with van der Waals surface area (Å²) in [5.41, 5.74) is -0.688. The molecule has 0 spiro atoms. The quantitative estimate of drug-likeness (QED) is 0.589. The van der Waals surface area contributed by atoms with Crippen molar-refractivity contribution in [3.8, 4) is 0 Å². The van der Waals surface area contributed by atoms with E-state index in [2.05, 4.69) is 14.8 Å². The van der Waals surface area contributed by atoms with Gasteiger partial charge in [-0.2, -0.15) is 0 Å². The molecule has 18 heavy (non-hydrogen) atoms. The highest BCUT2D eigenvalue weighted by Gasteiger charge is 2.25. The molecule has 0 saturated heterocycles. The van der Waals surface area contributed by atoms with Crippen molar-refractivity contribution in [3.63, 3.8) is 0 Å². The minimum Gasteiger partial charge on any atom is -0.467 e. The third kappa shape index (κ3) is 7.48. The molecule has 0 radical (unpaired) electrons. The van der Waals surface area contributed by atoms with Gasteiger partial charge in [0.25, 0.3) is 0 Å². The van der Waals surface area contributed by atoms with Gasteiger partial charge in [-0.3, -0.25) is 4.79 Å². The molecule has 0 rings (SSSR count). The summed E-state index contributed by atoms with van der Waals surface area (Å²) in [5.74, 6) is -1.28. The van der Waals surface area contributed by atoms with Crippen LogP contribution < -0.4 is 5.32 Å². The van der Waals surface area contributed by atoms with Crippen molar-refractivity contribution < 1.29 is 28.6 Å². The topological polar surface area (TPSA) is 90.9 Å². The first-order valence-corrected chi connectivity index (χ1v) is 5.36. The number of carbonyl (C=O) groups is 3. The van der Waals surface area contributed by atoms with Gasteiger partial charge in [-0.05, 0) is 20.8 Å². The second-order valence-corrected chi connectivity index (χ2v) is 4.52. The molecule has 0 aliphatic heterocycles. The number of rotatable bonds is 4. The van der Waals surface area contributed by atoms with E-state index in [1.165, 1.54) is 14.0 Å². The summed E-state index contributed by atoms with van der Waals surface area (Å²) in [7, 11) is 1.17. The van der Waals surface area contributed by atoms with Crippen LogP contribution in [0.15, 0.2) is 0 Å². The Balaban J connectivity index is 4.45. The molecule has 7 nitrogen and oxygen atoms in total. The number of alkyl carbamates (subject to hydrolysis) is 1. The van der Waals surface area contributed by atoms with Gasteiger partial charge in [0, 0.05) is 6.92 Å². The van der Waals surface area contributed by atoms with Gasteiger partial charge in [-0.15, -0.1) is 0 Å². The van der Waals surface area contributed by atoms with E-state index in [9.17, 15) is 14.4 Å². The number of amides is 1. The van der Waals surface area contributed by atoms with Crippen molar-refractivity contribution in [2.45, 2.75) is 39.3 Å². The number of methoxy groups -OCH3 is 1. The zero-order valence-electron chi connectivity index (χ0n) is 11.2. The van der Waals surface area contributed by atoms with Crippen molar-refractivity contribution in [1.82, 2.24) is 5.32 Å². The van der Waals surface area contributed by atoms with Crippen molar-refractivity contribution in [2.75, 3.05) is 13.7 Å². The number of hydrogen-bond acceptors (Lipinski definition) is 6. The van der Waals surface area contributed by atoms with Gasteiger partial charge in [0.2, 0.25) is 0 Å². The summed E-state index contributed by atoms with van der Waals surface area (Å²) < 4.78 is 14.1. The second-order valence-electron chi connectivity index (χ2n) is 4.52. The Bertz CT molecular complexity index is 320. The number of carbonyl (C=O) groups excluding carboxylic acids is 3. The van der Waals surface area contributed by atoms with Crippen LogP contribution in [0.3, 0.4) is 0 Å². The van der Waals surface area contributed by atoms with Crippen LogP contribution in [0.4, 0.5) is 4.79 Å². The molecular formula is C11H19NO6. The minimum absolute atomic E-state index is 0.304. The van der Waals surface area contributed by atoms with Gasteiger partial charge in [0.05, 0.1) is 7.11 Å². The van der Waals surface area contributed by atoms with Crippen LogP contribution in [-0.2, 0) is 23.8 Å². The van der Waals surface area contributed by atoms with Crippen LogP contribution in [0.5, 0.6) is 0 Å². The molecule has 1 atom stereocenters. The Morgan fingerprint density at radius 1 is 1.22 bits per heavy atom. The number of esters is 2. The smallest absolute Gasteiger partial charge is 0.408 e. The highest BCUT2D eigenvalue weighted by Crippen LogP contribution is 2.07. The lowest BCUT2D eigenvalue weighted by molar-refractivity contribution is -0.149. The van der Waals surface area contributed by atoms with Crippen molar-refractivity contribution >= 4 is 18.0 Å². The lowest BCUT2D eigenvalue weighted by Gasteiger charge is -2.22. The first-order chi connectivity index (χ1) is 8.15. The summed E-state index contributed by atoms with van der Waals surface area (Å²) in [6, 6.07) is -1.09. The normalized spacial score (nSPS) is 12.3. The Hall–Kier alpha value is -1.79. The third-order valence-electron chi connectivity index (χ3n) is 1.63. The lowest BCUT2D eigenvalue weighted by Crippen LogP contribution is -2.46. The Labute approximate surface area is 106 Å². The molecule has 0 aromatic carbocycles. The lowest BCUT2D eigenvalue weighted by atomic mass is 10.2. The molecule has 0 aliphatic carbocycles. The molecule has 0 aromatic rings. The predicted octanol–water partition coefficient (Wildman–Crippen LogP) is 0.616. The van der Waals surface area contributed by atoms with Crippen LogP contribution >= 0.6 is 0 Å². The van der Waals surface area contributed by atoms with Crippen molar-refractivity contribution in [3.05, 3.63) is 0 Å². The van der Waals surface area contributed by atoms with Crippen LogP contribution in [0, 0.1) is 0 Å². The van der Waals surface area contributed by atoms with Crippen LogP contribution in [0.1, 0.15) is 27.7 Å². The van der Waals surface area contributed by atoms with Gasteiger partial charge >= 0.3 is 18.0 Å². The molecule has 0 fully saturated rings. The fourth-order valence-electron chi connectivity index (χ4n) is 0.961. The average Bonchev–Trinajstić information content (AvgIpc) is 2.20. The second kappa shape index (κ2) is 6.83. The number of nitrogens with one attached hydrogen (secondary N) is 1. The molecule has 7 heteroatoms. The van der Waals surface area contributed by atoms with Gasteiger partial charge in [-0.1, -0.05) is 0 Å². The van der Waals surface area contributed by atoms with E-state index < -0.39 is 29.7 Å². The minimum atomic E-state index is -1.09. The van der Waals surface area contributed by atoms with Gasteiger partial charge in [0.1, 0.15) is 12.2 Å². The van der Waals surface area contributed by atoms with E-state index in [1.54, 1.807) is 20.8 Å². The van der Waals surface area contributed by atoms with Gasteiger partial charge in [-0.25, -0.2) is 9.59 Å². The zero-order chi connectivity index (χ0) is 14.3. The van der Waals surface area contributed by atoms with Gasteiger partial charge in [0.15, 0.2) is 6.04 Å². The molecule has 0 heterocycles. The van der Waals surface area contributed by atoms with E-state index >= 15 is 0 Å². The largest absolute Gasteiger partial charge is 0.467 e. The molecular weight excluding hydrogens is 242 g/mol. The number of hydrogen-bond donors (Lipinski definition) is 1. The average molecular weight is 261 g/mol. The van der Waals surface area contributed by atoms with E-state index in [-0.39, 0.29) is 6.61 Å². The molecule has 0 bridgehead atoms. The van der Waals surface area contributed by atoms with Crippen molar-refractivity contribution in [1.29, 1.82) is 0 Å². The van der Waals surface area contributed by atoms with Crippen LogP contribution in [0.25, 0.3) is 0 Å². The fourth-order valence-corrected chi connectivity index (χ4v) is 0.961. The monoisotopic (exact) mass is 261 g/mol. The summed E-state index contributed by atoms with van der Waals surface area (Å²) in [4.78, 5) is 33.4. The van der Waals surface area contributed by atoms with Crippen molar-refractivity contribution in [2.24, 2.45) is 0 Å². The first-order valence-electron chi connectivity index (χ1n) is 5.36. The first kappa shape index (κ1) is 16.2. The molecule has 0 saturated carbocycles. The van der Waals surface area contributed by atoms with E-state index in [0.29, 0.717) is 0 Å². The van der Waals surface area contributed by atoms with Crippen LogP contribution in [-0.4, -0.2) is 43.4 Å². The Morgan fingerprint density at radius 3 is 2.17 bits per heavy atom. The summed E-state index contributed by atoms with van der Waals surface area (Å²) in [6.07, 6.45) is -0.787. The highest BCUT2D eigenvalue weighted by atomic mass is 16.6. The fraction of sp³-hybridized carbons (Fsp3) is 0.727. The predicted molar refractivity (Wildman–Crippen MR) is 61.8 cm³/mol. The molecule has 104 valence electrons. The highest BCUT2D eigenvalue weighted by molar-refractivity contribution is 5.81. The van der Waals surface area contributed by atoms with Crippen LogP contribution in [0.2, 0.25) is 0 Å². The molecule has 0 unspecified atom stereocenters. The van der Waals surface area contributed by atoms with E-state index in [0.717, 1.165) is 0 Å². The SMILES string of the molecule is COC(=O)[C@H](COC(C)=O)NC(=O)OC(C)(C)C. The van der Waals surface area contributed by atoms with Gasteiger partial charge < -0.3 is 19.5 Å². The summed E-state index contributed by atoms with van der Waals surface area (Å²) in [6.45, 7) is 5.95. The molecule has 1 amide bonds. The summed E-state index contributed by atoms with van der Waals surface area (Å²) >= 11 is 0. The zero-order valence-corrected chi connectivity index (χ0v) is 11.2. The van der Waals surface area contributed by atoms with E-state index in [4.69, 9.17) is 4.74 Å². The number of ether oxygens (including phenoxy) is 3. The molecule has 0 aromatic heterocycles. The molecule has 0 aliphatic rings. The standard InChI is InChI=1S/C11H19NO6/c1-7(13)17-6-8(9(14)16-5)12-10(15)18-11(2,3)4/h8H,6H2,1-5H3,(H,12,15)/t8-/m0/s1. The third-order valence-corrected chi connectivity index (χ3v) is 1.63. The molecule has 1 N–H and O–H groups in total.